The summed E-state index contributed by atoms with van der Waals surface area (Å²) >= 11 is 0. The predicted molar refractivity (Wildman–Crippen MR) is 102 cm³/mol. The summed E-state index contributed by atoms with van der Waals surface area (Å²) in [4.78, 5) is 8.96. The molecule has 5 aromatic rings. The Morgan fingerprint density at radius 3 is 1.96 bits per heavy atom. The highest BCUT2D eigenvalue weighted by Gasteiger charge is 2.07. The van der Waals surface area contributed by atoms with Crippen molar-refractivity contribution in [3.05, 3.63) is 84.3 Å². The number of aromatic nitrogens is 2. The first-order valence-electron chi connectivity index (χ1n) is 8.35. The van der Waals surface area contributed by atoms with Crippen LogP contribution in [-0.4, -0.2) is 9.97 Å². The quantitative estimate of drug-likeness (QED) is 0.417. The number of nitrogens with zero attached hydrogens (tertiary/aromatic N) is 2. The zero-order valence-corrected chi connectivity index (χ0v) is 13.8. The summed E-state index contributed by atoms with van der Waals surface area (Å²) in [5.41, 5.74) is 5.30. The zero-order valence-electron chi connectivity index (χ0n) is 13.8. The number of para-hydroxylation sites is 4. The van der Waals surface area contributed by atoms with Crippen molar-refractivity contribution in [3.63, 3.8) is 0 Å². The van der Waals surface area contributed by atoms with Crippen LogP contribution in [0.2, 0.25) is 0 Å². The molecule has 5 rings (SSSR count). The van der Waals surface area contributed by atoms with Crippen molar-refractivity contribution in [2.75, 3.05) is 0 Å². The average Bonchev–Trinajstić information content (AvgIpc) is 3.30. The Hall–Kier alpha value is -3.66. The number of benzene rings is 3. The molecule has 0 unspecified atom stereocenters. The SMILES string of the molecule is C(=C\c1nc2ccccc2o1)/c1ccc(-c2nc3ccccc3o2)cc1. The fraction of sp³-hybridized carbons (Fsp3) is 0. The summed E-state index contributed by atoms with van der Waals surface area (Å²) in [5.74, 6) is 1.22. The summed E-state index contributed by atoms with van der Waals surface area (Å²) in [6, 6.07) is 23.5. The Kier molecular flexibility index (Phi) is 3.39. The van der Waals surface area contributed by atoms with Crippen LogP contribution in [0.4, 0.5) is 0 Å². The molecule has 124 valence electrons. The fourth-order valence-corrected chi connectivity index (χ4v) is 2.86. The van der Waals surface area contributed by atoms with Gasteiger partial charge in [-0.1, -0.05) is 36.4 Å². The topological polar surface area (TPSA) is 52.1 Å². The van der Waals surface area contributed by atoms with Crippen LogP contribution in [0.25, 0.3) is 45.8 Å². The number of fused-ring (bicyclic) bond motifs is 2. The highest BCUT2D eigenvalue weighted by atomic mass is 16.4. The van der Waals surface area contributed by atoms with E-state index in [0.29, 0.717) is 11.8 Å². The van der Waals surface area contributed by atoms with Crippen molar-refractivity contribution in [2.45, 2.75) is 0 Å². The molecule has 0 saturated heterocycles. The molecule has 26 heavy (non-hydrogen) atoms. The van der Waals surface area contributed by atoms with Gasteiger partial charge in [0.25, 0.3) is 0 Å². The third kappa shape index (κ3) is 2.67. The van der Waals surface area contributed by atoms with E-state index >= 15 is 0 Å². The van der Waals surface area contributed by atoms with Gasteiger partial charge in [-0.25, -0.2) is 9.97 Å². The van der Waals surface area contributed by atoms with E-state index in [-0.39, 0.29) is 0 Å². The number of hydrogen-bond acceptors (Lipinski definition) is 4. The van der Waals surface area contributed by atoms with E-state index < -0.39 is 0 Å². The van der Waals surface area contributed by atoms with E-state index in [1.807, 2.05) is 84.9 Å². The molecule has 0 fully saturated rings. The molecule has 0 aliphatic rings. The lowest BCUT2D eigenvalue weighted by molar-refractivity contribution is 0.589. The minimum absolute atomic E-state index is 0.592. The van der Waals surface area contributed by atoms with E-state index in [9.17, 15) is 0 Å². The third-order valence-corrected chi connectivity index (χ3v) is 4.18. The molecular formula is C22H14N2O2. The lowest BCUT2D eigenvalue weighted by atomic mass is 10.1. The van der Waals surface area contributed by atoms with Crippen LogP contribution in [-0.2, 0) is 0 Å². The molecular weight excluding hydrogens is 324 g/mol. The number of oxazole rings is 2. The molecule has 0 aliphatic carbocycles. The van der Waals surface area contributed by atoms with Gasteiger partial charge < -0.3 is 8.83 Å². The predicted octanol–water partition coefficient (Wildman–Crippen LogP) is 5.81. The third-order valence-electron chi connectivity index (χ3n) is 4.18. The van der Waals surface area contributed by atoms with Gasteiger partial charge >= 0.3 is 0 Å². The highest BCUT2D eigenvalue weighted by molar-refractivity contribution is 5.77. The standard InChI is InChI=1S/C22H14N2O2/c1-3-7-19-17(5-1)23-21(25-19)14-11-15-9-12-16(13-10-15)22-24-18-6-2-4-8-20(18)26-22/h1-14H/b14-11+. The Labute approximate surface area is 149 Å². The van der Waals surface area contributed by atoms with Crippen LogP contribution in [0.15, 0.2) is 81.6 Å². The maximum Gasteiger partial charge on any atom is 0.227 e. The second-order valence-electron chi connectivity index (χ2n) is 5.96. The average molecular weight is 338 g/mol. The van der Waals surface area contributed by atoms with Crippen LogP contribution in [0.3, 0.4) is 0 Å². The largest absolute Gasteiger partial charge is 0.437 e. The molecule has 0 N–H and O–H groups in total. The van der Waals surface area contributed by atoms with Crippen molar-refractivity contribution in [3.8, 4) is 11.5 Å². The van der Waals surface area contributed by atoms with E-state index in [2.05, 4.69) is 9.97 Å². The molecule has 2 aromatic heterocycles. The maximum absolute atomic E-state index is 5.80. The summed E-state index contributed by atoms with van der Waals surface area (Å²) < 4.78 is 11.5. The van der Waals surface area contributed by atoms with Gasteiger partial charge in [0, 0.05) is 11.6 Å². The van der Waals surface area contributed by atoms with Gasteiger partial charge in [0.1, 0.15) is 11.0 Å². The zero-order chi connectivity index (χ0) is 17.3. The van der Waals surface area contributed by atoms with Crippen molar-refractivity contribution in [1.82, 2.24) is 9.97 Å². The van der Waals surface area contributed by atoms with Crippen molar-refractivity contribution in [1.29, 1.82) is 0 Å². The van der Waals surface area contributed by atoms with Crippen LogP contribution in [0.1, 0.15) is 11.5 Å². The molecule has 0 spiro atoms. The van der Waals surface area contributed by atoms with Crippen LogP contribution in [0, 0.1) is 0 Å². The lowest BCUT2D eigenvalue weighted by Gasteiger charge is -1.96. The Morgan fingerprint density at radius 1 is 0.615 bits per heavy atom. The highest BCUT2D eigenvalue weighted by Crippen LogP contribution is 2.24. The number of rotatable bonds is 3. The van der Waals surface area contributed by atoms with Crippen molar-refractivity contribution < 1.29 is 8.83 Å². The summed E-state index contributed by atoms with van der Waals surface area (Å²) in [7, 11) is 0. The second kappa shape index (κ2) is 6.01. The molecule has 2 heterocycles. The molecule has 4 heteroatoms. The minimum atomic E-state index is 0.592. The normalized spacial score (nSPS) is 11.7. The molecule has 0 bridgehead atoms. The van der Waals surface area contributed by atoms with E-state index in [0.717, 1.165) is 33.3 Å². The second-order valence-corrected chi connectivity index (χ2v) is 5.96. The van der Waals surface area contributed by atoms with Gasteiger partial charge in [-0.05, 0) is 48.0 Å². The van der Waals surface area contributed by atoms with Crippen LogP contribution < -0.4 is 0 Å². The van der Waals surface area contributed by atoms with Crippen molar-refractivity contribution in [2.24, 2.45) is 0 Å². The van der Waals surface area contributed by atoms with Crippen LogP contribution >= 0.6 is 0 Å². The molecule has 0 radical (unpaired) electrons. The molecule has 0 aliphatic heterocycles. The molecule has 4 nitrogen and oxygen atoms in total. The van der Waals surface area contributed by atoms with Crippen molar-refractivity contribution >= 4 is 34.4 Å². The Bertz CT molecular complexity index is 1160. The summed E-state index contributed by atoms with van der Waals surface area (Å²) in [6.07, 6.45) is 3.84. The van der Waals surface area contributed by atoms with Gasteiger partial charge in [-0.2, -0.15) is 0 Å². The van der Waals surface area contributed by atoms with Gasteiger partial charge in [0.15, 0.2) is 11.2 Å². The first kappa shape index (κ1) is 14.7. The van der Waals surface area contributed by atoms with E-state index in [1.165, 1.54) is 0 Å². The monoisotopic (exact) mass is 338 g/mol. The van der Waals surface area contributed by atoms with Gasteiger partial charge in [-0.15, -0.1) is 0 Å². The molecule has 0 atom stereocenters. The Morgan fingerprint density at radius 2 is 1.27 bits per heavy atom. The first-order valence-corrected chi connectivity index (χ1v) is 8.35. The van der Waals surface area contributed by atoms with Gasteiger partial charge in [-0.3, -0.25) is 0 Å². The first-order chi connectivity index (χ1) is 12.8. The molecule has 0 saturated carbocycles. The van der Waals surface area contributed by atoms with E-state index in [4.69, 9.17) is 8.83 Å². The molecule has 3 aromatic carbocycles. The number of hydrogen-bond donors (Lipinski definition) is 0. The van der Waals surface area contributed by atoms with Gasteiger partial charge in [0.05, 0.1) is 0 Å². The van der Waals surface area contributed by atoms with Gasteiger partial charge in [0.2, 0.25) is 11.8 Å². The summed E-state index contributed by atoms with van der Waals surface area (Å²) in [6.45, 7) is 0. The maximum atomic E-state index is 5.80. The minimum Gasteiger partial charge on any atom is -0.437 e. The lowest BCUT2D eigenvalue weighted by Crippen LogP contribution is -1.78. The summed E-state index contributed by atoms with van der Waals surface area (Å²) in [5, 5.41) is 0. The van der Waals surface area contributed by atoms with Crippen LogP contribution in [0.5, 0.6) is 0 Å². The molecule has 0 amide bonds. The smallest absolute Gasteiger partial charge is 0.227 e. The Balaban J connectivity index is 1.40. The fourth-order valence-electron chi connectivity index (χ4n) is 2.86. The van der Waals surface area contributed by atoms with E-state index in [1.54, 1.807) is 0 Å².